The maximum atomic E-state index is 14.2. The van der Waals surface area contributed by atoms with Crippen LogP contribution >= 0.6 is 0 Å². The zero-order chi connectivity index (χ0) is 25.5. The van der Waals surface area contributed by atoms with Crippen molar-refractivity contribution >= 4 is 5.91 Å². The van der Waals surface area contributed by atoms with Gasteiger partial charge in [-0.2, -0.15) is 5.10 Å². The summed E-state index contributed by atoms with van der Waals surface area (Å²) in [7, 11) is 2.17. The van der Waals surface area contributed by atoms with E-state index >= 15 is 0 Å². The molecule has 2 aliphatic heterocycles. The normalized spacial score (nSPS) is 17.2. The Hall–Kier alpha value is -3.97. The van der Waals surface area contributed by atoms with E-state index in [9.17, 15) is 14.3 Å². The first-order valence-corrected chi connectivity index (χ1v) is 12.7. The topological polar surface area (TPSA) is 72.5 Å². The molecule has 0 bridgehead atoms. The van der Waals surface area contributed by atoms with Crippen LogP contribution in [0.15, 0.2) is 72.9 Å². The lowest BCUT2D eigenvalue weighted by Crippen LogP contribution is -2.30. The Kier molecular flexibility index (Phi) is 6.00. The number of phenolic OH excluding ortho intramolecular Hbond substituents is 1. The minimum atomic E-state index is -0.723. The van der Waals surface area contributed by atoms with E-state index in [4.69, 9.17) is 0 Å². The molecular weight excluding hydrogens is 467 g/mol. The first-order valence-electron chi connectivity index (χ1n) is 12.7. The van der Waals surface area contributed by atoms with Crippen LogP contribution in [-0.4, -0.2) is 51.1 Å². The number of carbonyl (C=O) groups excluding carboxylic acids is 1. The number of hydrogen-bond acceptors (Lipinski definition) is 4. The fourth-order valence-corrected chi connectivity index (χ4v) is 5.66. The van der Waals surface area contributed by atoms with E-state index in [-0.39, 0.29) is 11.7 Å². The molecule has 6 nitrogen and oxygen atoms in total. The minimum Gasteiger partial charge on any atom is -0.508 e. The van der Waals surface area contributed by atoms with Crippen LogP contribution in [0.2, 0.25) is 0 Å². The van der Waals surface area contributed by atoms with Crippen LogP contribution in [0, 0.1) is 5.82 Å². The van der Waals surface area contributed by atoms with Crippen LogP contribution in [-0.2, 0) is 6.54 Å². The molecule has 2 aliphatic rings. The molecule has 1 aromatic heterocycles. The maximum absolute atomic E-state index is 14.2. The Morgan fingerprint density at radius 2 is 1.76 bits per heavy atom. The molecule has 6 rings (SSSR count). The zero-order valence-corrected chi connectivity index (χ0v) is 20.7. The van der Waals surface area contributed by atoms with Crippen molar-refractivity contribution in [3.8, 4) is 16.9 Å². The molecule has 0 radical (unpaired) electrons. The number of carbonyl (C=O) groups is 1. The third kappa shape index (κ3) is 4.40. The SMILES string of the molecule is CN1CCC(c2ccc(-c3ccc4c(c3)C(=O)N(C(c3cc[nH]n3)c3cc(F)ccc3O)C4)cc2)CC1. The molecule has 1 unspecified atom stereocenters. The summed E-state index contributed by atoms with van der Waals surface area (Å²) in [5.74, 6) is -0.137. The van der Waals surface area contributed by atoms with Crippen molar-refractivity contribution in [3.63, 3.8) is 0 Å². The Morgan fingerprint density at radius 3 is 2.49 bits per heavy atom. The first-order chi connectivity index (χ1) is 18.0. The highest BCUT2D eigenvalue weighted by molar-refractivity contribution is 6.00. The largest absolute Gasteiger partial charge is 0.508 e. The molecule has 3 heterocycles. The number of halogens is 1. The number of aromatic nitrogens is 2. The molecule has 1 amide bonds. The fraction of sp³-hybridized carbons (Fsp3) is 0.267. The number of aromatic hydroxyl groups is 1. The Morgan fingerprint density at radius 1 is 1.00 bits per heavy atom. The van der Waals surface area contributed by atoms with E-state index < -0.39 is 11.9 Å². The van der Waals surface area contributed by atoms with Crippen LogP contribution in [0.5, 0.6) is 5.75 Å². The van der Waals surface area contributed by atoms with Gasteiger partial charge in [0, 0.05) is 23.9 Å². The summed E-state index contributed by atoms with van der Waals surface area (Å²) in [6.45, 7) is 2.60. The molecule has 0 spiro atoms. The lowest BCUT2D eigenvalue weighted by Gasteiger charge is -2.29. The number of piperidine rings is 1. The lowest BCUT2D eigenvalue weighted by molar-refractivity contribution is 0.0726. The number of aromatic amines is 1. The molecule has 1 atom stereocenters. The molecule has 0 saturated carbocycles. The van der Waals surface area contributed by atoms with Gasteiger partial charge in [-0.3, -0.25) is 9.89 Å². The quantitative estimate of drug-likeness (QED) is 0.384. The van der Waals surface area contributed by atoms with Gasteiger partial charge in [-0.25, -0.2) is 4.39 Å². The Balaban J connectivity index is 1.29. The first kappa shape index (κ1) is 23.4. The third-order valence-electron chi connectivity index (χ3n) is 7.77. The average Bonchev–Trinajstić information content (AvgIpc) is 3.56. The van der Waals surface area contributed by atoms with Gasteiger partial charge >= 0.3 is 0 Å². The van der Waals surface area contributed by atoms with E-state index in [0.717, 1.165) is 29.8 Å². The second kappa shape index (κ2) is 9.48. The predicted molar refractivity (Wildman–Crippen MR) is 140 cm³/mol. The number of phenols is 1. The van der Waals surface area contributed by atoms with Crippen molar-refractivity contribution in [2.75, 3.05) is 20.1 Å². The van der Waals surface area contributed by atoms with Crippen LogP contribution in [0.25, 0.3) is 11.1 Å². The van der Waals surface area contributed by atoms with Gasteiger partial charge in [-0.1, -0.05) is 36.4 Å². The molecular formula is C30H29FN4O2. The molecule has 1 fully saturated rings. The van der Waals surface area contributed by atoms with Crippen molar-refractivity contribution in [1.29, 1.82) is 0 Å². The smallest absolute Gasteiger partial charge is 0.255 e. The van der Waals surface area contributed by atoms with E-state index in [2.05, 4.69) is 46.4 Å². The van der Waals surface area contributed by atoms with E-state index in [1.165, 1.54) is 36.6 Å². The maximum Gasteiger partial charge on any atom is 0.255 e. The van der Waals surface area contributed by atoms with Crippen LogP contribution in [0.3, 0.4) is 0 Å². The molecule has 7 heteroatoms. The average molecular weight is 497 g/mol. The van der Waals surface area contributed by atoms with Gasteiger partial charge in [0.15, 0.2) is 0 Å². The highest BCUT2D eigenvalue weighted by Crippen LogP contribution is 2.40. The van der Waals surface area contributed by atoms with Crippen molar-refractivity contribution in [2.24, 2.45) is 0 Å². The summed E-state index contributed by atoms with van der Waals surface area (Å²) in [6, 6.07) is 19.5. The van der Waals surface area contributed by atoms with Crippen molar-refractivity contribution in [2.45, 2.75) is 31.3 Å². The summed E-state index contributed by atoms with van der Waals surface area (Å²) in [6.07, 6.45) is 4.01. The number of H-pyrrole nitrogens is 1. The van der Waals surface area contributed by atoms with Crippen LogP contribution in [0.4, 0.5) is 4.39 Å². The van der Waals surface area contributed by atoms with Gasteiger partial charge in [-0.05, 0) is 91.5 Å². The monoisotopic (exact) mass is 496 g/mol. The molecule has 3 aromatic carbocycles. The third-order valence-corrected chi connectivity index (χ3v) is 7.77. The van der Waals surface area contributed by atoms with Gasteiger partial charge in [0.2, 0.25) is 0 Å². The molecule has 37 heavy (non-hydrogen) atoms. The molecule has 2 N–H and O–H groups in total. The van der Waals surface area contributed by atoms with Gasteiger partial charge in [0.1, 0.15) is 17.6 Å². The molecule has 0 aliphatic carbocycles. The fourth-order valence-electron chi connectivity index (χ4n) is 5.66. The zero-order valence-electron chi connectivity index (χ0n) is 20.7. The summed E-state index contributed by atoms with van der Waals surface area (Å²) in [5, 5.41) is 17.6. The van der Waals surface area contributed by atoms with E-state index in [1.807, 2.05) is 18.2 Å². The molecule has 188 valence electrons. The van der Waals surface area contributed by atoms with Gasteiger partial charge in [-0.15, -0.1) is 0 Å². The van der Waals surface area contributed by atoms with Crippen molar-refractivity contribution < 1.29 is 14.3 Å². The number of fused-ring (bicyclic) bond motifs is 1. The van der Waals surface area contributed by atoms with Crippen LogP contribution in [0.1, 0.15) is 57.5 Å². The van der Waals surface area contributed by atoms with Gasteiger partial charge < -0.3 is 14.9 Å². The lowest BCUT2D eigenvalue weighted by atomic mass is 9.88. The minimum absolute atomic E-state index is 0.0801. The Bertz CT molecular complexity index is 1430. The summed E-state index contributed by atoms with van der Waals surface area (Å²) >= 11 is 0. The van der Waals surface area contributed by atoms with Gasteiger partial charge in [0.05, 0.1) is 5.69 Å². The summed E-state index contributed by atoms with van der Waals surface area (Å²) in [5.41, 5.74) is 5.77. The number of benzene rings is 3. The highest BCUT2D eigenvalue weighted by atomic mass is 19.1. The van der Waals surface area contributed by atoms with Crippen molar-refractivity contribution in [1.82, 2.24) is 20.0 Å². The molecule has 4 aromatic rings. The number of rotatable bonds is 5. The summed E-state index contributed by atoms with van der Waals surface area (Å²) in [4.78, 5) is 17.7. The molecule has 1 saturated heterocycles. The number of amides is 1. The van der Waals surface area contributed by atoms with Crippen molar-refractivity contribution in [3.05, 3.63) is 107 Å². The second-order valence-corrected chi connectivity index (χ2v) is 10.1. The van der Waals surface area contributed by atoms with Gasteiger partial charge in [0.25, 0.3) is 5.91 Å². The van der Waals surface area contributed by atoms with Crippen LogP contribution < -0.4 is 0 Å². The number of likely N-dealkylation sites (tertiary alicyclic amines) is 1. The standard InChI is InChI=1S/C30H29FN4O2/c1-34-14-11-21(12-15-34)19-2-4-20(5-3-19)22-6-7-23-18-35(30(37)25(23)16-22)29(27-10-13-32-33-27)26-17-24(31)8-9-28(26)36/h2-10,13,16-17,21,29,36H,11-12,14-15,18H2,1H3,(H,32,33). The van der Waals surface area contributed by atoms with E-state index in [1.54, 1.807) is 17.2 Å². The van der Waals surface area contributed by atoms with E-state index in [0.29, 0.717) is 29.3 Å². The number of nitrogens with zero attached hydrogens (tertiary/aromatic N) is 3. The highest BCUT2D eigenvalue weighted by Gasteiger charge is 2.37. The second-order valence-electron chi connectivity index (χ2n) is 10.1. The number of nitrogens with one attached hydrogen (secondary N) is 1. The predicted octanol–water partition coefficient (Wildman–Crippen LogP) is 5.48. The summed E-state index contributed by atoms with van der Waals surface area (Å²) < 4.78 is 14.2. The Labute approximate surface area is 215 Å². The number of hydrogen-bond donors (Lipinski definition) is 2.